The first-order valence-corrected chi connectivity index (χ1v) is 9.98. The Balaban J connectivity index is 1.82. The van der Waals surface area contributed by atoms with Crippen molar-refractivity contribution >= 4 is 29.2 Å². The second-order valence-corrected chi connectivity index (χ2v) is 7.92. The van der Waals surface area contributed by atoms with E-state index in [1.54, 1.807) is 0 Å². The van der Waals surface area contributed by atoms with E-state index in [9.17, 15) is 35.5 Å². The molecule has 1 amide bonds. The predicted octanol–water partition coefficient (Wildman–Crippen LogP) is 5.67. The average Bonchev–Trinajstić information content (AvgIpc) is 2.72. The number of hydrogen-bond acceptors (Lipinski definition) is 3. The first-order valence-electron chi connectivity index (χ1n) is 9.60. The van der Waals surface area contributed by atoms with Crippen LogP contribution in [0.2, 0.25) is 5.02 Å². The fourth-order valence-electron chi connectivity index (χ4n) is 3.49. The van der Waals surface area contributed by atoms with Crippen molar-refractivity contribution < 1.29 is 35.5 Å². The third kappa shape index (κ3) is 4.86. The monoisotopic (exact) mass is 508 g/mol. The average molecular weight is 509 g/mol. The Kier molecular flexibility index (Phi) is 6.66. The van der Waals surface area contributed by atoms with E-state index < -0.39 is 64.2 Å². The van der Waals surface area contributed by atoms with Gasteiger partial charge in [-0.15, -0.1) is 0 Å². The topological polar surface area (TPSA) is 71.2 Å². The van der Waals surface area contributed by atoms with E-state index in [1.807, 2.05) is 0 Å². The van der Waals surface area contributed by atoms with Crippen molar-refractivity contribution in [2.75, 3.05) is 13.1 Å². The number of halogens is 8. The van der Waals surface area contributed by atoms with Crippen molar-refractivity contribution in [1.82, 2.24) is 9.80 Å². The van der Waals surface area contributed by atoms with E-state index in [2.05, 4.69) is 0 Å². The van der Waals surface area contributed by atoms with Gasteiger partial charge in [0.2, 0.25) is 0 Å². The molecule has 0 bridgehead atoms. The summed E-state index contributed by atoms with van der Waals surface area (Å²) in [7, 11) is 0. The molecule has 13 heteroatoms. The molecular weight excluding hydrogens is 493 g/mol. The zero-order valence-electron chi connectivity index (χ0n) is 17.3. The molecule has 2 aromatic carbocycles. The Hall–Kier alpha value is -3.15. The van der Waals surface area contributed by atoms with Crippen LogP contribution >= 0.6 is 11.6 Å². The predicted molar refractivity (Wildman–Crippen MR) is 110 cm³/mol. The zero-order chi connectivity index (χ0) is 25.6. The smallest absolute Gasteiger partial charge is 0.327 e. The van der Waals surface area contributed by atoms with Crippen LogP contribution in [0.25, 0.3) is 0 Å². The van der Waals surface area contributed by atoms with Gasteiger partial charge in [0.05, 0.1) is 28.3 Å². The van der Waals surface area contributed by atoms with Crippen LogP contribution < -0.4 is 0 Å². The summed E-state index contributed by atoms with van der Waals surface area (Å²) < 4.78 is 91.7. The molecule has 0 saturated carbocycles. The molecule has 0 aromatic heterocycles. The first kappa shape index (κ1) is 25.5. The Morgan fingerprint density at radius 2 is 1.68 bits per heavy atom. The maximum Gasteiger partial charge on any atom is 0.419 e. The summed E-state index contributed by atoms with van der Waals surface area (Å²) in [6.45, 7) is 0.917. The molecule has 2 N–H and O–H groups in total. The molecule has 0 aliphatic carbocycles. The van der Waals surface area contributed by atoms with Crippen LogP contribution in [0.1, 0.15) is 34.0 Å². The van der Waals surface area contributed by atoms with Gasteiger partial charge in [-0.3, -0.25) is 15.6 Å². The van der Waals surface area contributed by atoms with Crippen molar-refractivity contribution in [3.05, 3.63) is 69.5 Å². The van der Waals surface area contributed by atoms with E-state index >= 15 is 0 Å². The largest absolute Gasteiger partial charge is 0.419 e. The van der Waals surface area contributed by atoms with Gasteiger partial charge in [0.1, 0.15) is 17.5 Å². The van der Waals surface area contributed by atoms with Gasteiger partial charge in [-0.05, 0) is 31.2 Å². The van der Waals surface area contributed by atoms with Crippen LogP contribution in [0.5, 0.6) is 0 Å². The Bertz CT molecular complexity index is 1160. The van der Waals surface area contributed by atoms with Gasteiger partial charge in [-0.25, -0.2) is 4.39 Å². The molecule has 1 aliphatic rings. The number of rotatable bonds is 2. The van der Waals surface area contributed by atoms with Crippen molar-refractivity contribution in [2.24, 2.45) is 0 Å². The van der Waals surface area contributed by atoms with E-state index in [4.69, 9.17) is 22.4 Å². The summed E-state index contributed by atoms with van der Waals surface area (Å²) >= 11 is 5.83. The first-order chi connectivity index (χ1) is 15.6. The lowest BCUT2D eigenvalue weighted by atomic mass is 10.0. The lowest BCUT2D eigenvalue weighted by molar-refractivity contribution is -0.140. The SMILES string of the molecule is CC1CN(C(=N)c2ccc(C(F)(F)F)c(F)c2)C(=N)CN1C(=O)c1cccc(C(F)(F)F)c1Cl. The van der Waals surface area contributed by atoms with Crippen LogP contribution in [-0.4, -0.2) is 46.5 Å². The molecule has 182 valence electrons. The van der Waals surface area contributed by atoms with E-state index in [0.29, 0.717) is 12.1 Å². The van der Waals surface area contributed by atoms with E-state index in [1.165, 1.54) is 6.92 Å². The van der Waals surface area contributed by atoms with Gasteiger partial charge in [0.15, 0.2) is 0 Å². The fourth-order valence-corrected chi connectivity index (χ4v) is 3.81. The van der Waals surface area contributed by atoms with Gasteiger partial charge in [0.25, 0.3) is 5.91 Å². The van der Waals surface area contributed by atoms with Crippen LogP contribution in [0.15, 0.2) is 36.4 Å². The number of alkyl halides is 6. The van der Waals surface area contributed by atoms with Crippen molar-refractivity contribution in [1.29, 1.82) is 10.8 Å². The highest BCUT2D eigenvalue weighted by atomic mass is 35.5. The molecule has 5 nitrogen and oxygen atoms in total. The van der Waals surface area contributed by atoms with E-state index in [-0.39, 0.29) is 17.9 Å². The Morgan fingerprint density at radius 3 is 2.24 bits per heavy atom. The highest BCUT2D eigenvalue weighted by Gasteiger charge is 2.38. The zero-order valence-corrected chi connectivity index (χ0v) is 18.0. The molecule has 0 radical (unpaired) electrons. The highest BCUT2D eigenvalue weighted by Crippen LogP contribution is 2.37. The number of amides is 1. The lowest BCUT2D eigenvalue weighted by Gasteiger charge is -2.41. The van der Waals surface area contributed by atoms with Gasteiger partial charge in [-0.1, -0.05) is 23.7 Å². The van der Waals surface area contributed by atoms with Crippen LogP contribution in [-0.2, 0) is 12.4 Å². The molecule has 1 aliphatic heterocycles. The Labute approximate surface area is 193 Å². The maximum atomic E-state index is 13.9. The van der Waals surface area contributed by atoms with Crippen LogP contribution in [0, 0.1) is 16.6 Å². The van der Waals surface area contributed by atoms with Crippen molar-refractivity contribution in [2.45, 2.75) is 25.3 Å². The van der Waals surface area contributed by atoms with Crippen molar-refractivity contribution in [3.8, 4) is 0 Å². The van der Waals surface area contributed by atoms with Gasteiger partial charge in [0, 0.05) is 18.2 Å². The van der Waals surface area contributed by atoms with Gasteiger partial charge in [-0.2, -0.15) is 26.3 Å². The molecule has 1 heterocycles. The lowest BCUT2D eigenvalue weighted by Crippen LogP contribution is -2.58. The third-order valence-electron chi connectivity index (χ3n) is 5.24. The number of amidine groups is 2. The molecule has 1 atom stereocenters. The molecule has 1 unspecified atom stereocenters. The van der Waals surface area contributed by atoms with Crippen molar-refractivity contribution in [3.63, 3.8) is 0 Å². The van der Waals surface area contributed by atoms with Gasteiger partial charge < -0.3 is 9.80 Å². The minimum absolute atomic E-state index is 0.178. The third-order valence-corrected chi connectivity index (χ3v) is 5.65. The summed E-state index contributed by atoms with van der Waals surface area (Å²) in [5, 5.41) is 15.6. The molecule has 3 rings (SSSR count). The number of piperazine rings is 1. The molecular formula is C21H16ClF7N4O. The Morgan fingerprint density at radius 1 is 1.06 bits per heavy atom. The quantitative estimate of drug-likeness (QED) is 0.312. The number of carbonyl (C=O) groups is 1. The number of nitrogens with zero attached hydrogens (tertiary/aromatic N) is 2. The van der Waals surface area contributed by atoms with Crippen LogP contribution in [0.4, 0.5) is 30.7 Å². The van der Waals surface area contributed by atoms with Crippen LogP contribution in [0.3, 0.4) is 0 Å². The highest BCUT2D eigenvalue weighted by molar-refractivity contribution is 6.34. The standard InChI is InChI=1S/C21H16ClF7N4O/c1-10-8-33(18(31)11-5-6-13(15(23)7-11)20(24,25)26)16(30)9-32(10)19(34)12-3-2-4-14(17(12)22)21(27,28)29/h2-7,10,30-31H,8-9H2,1H3. The maximum absolute atomic E-state index is 13.9. The molecule has 0 spiro atoms. The minimum Gasteiger partial charge on any atom is -0.327 e. The summed E-state index contributed by atoms with van der Waals surface area (Å²) in [4.78, 5) is 15.1. The normalized spacial score (nSPS) is 17.2. The summed E-state index contributed by atoms with van der Waals surface area (Å²) in [5.74, 6) is -3.24. The molecule has 34 heavy (non-hydrogen) atoms. The minimum atomic E-state index is -4.91. The number of hydrogen-bond donors (Lipinski definition) is 2. The summed E-state index contributed by atoms with van der Waals surface area (Å²) in [5.41, 5.74) is -3.32. The second kappa shape index (κ2) is 8.90. The number of nitrogens with one attached hydrogen (secondary N) is 2. The van der Waals surface area contributed by atoms with E-state index in [0.717, 1.165) is 34.1 Å². The fraction of sp³-hybridized carbons (Fsp3) is 0.286. The summed E-state index contributed by atoms with van der Waals surface area (Å²) in [6.07, 6.45) is -9.70. The second-order valence-electron chi connectivity index (χ2n) is 7.55. The van der Waals surface area contributed by atoms with Gasteiger partial charge >= 0.3 is 12.4 Å². The number of benzene rings is 2. The summed E-state index contributed by atoms with van der Waals surface area (Å²) in [6, 6.07) is 4.06. The number of carbonyl (C=O) groups excluding carboxylic acids is 1. The molecule has 1 saturated heterocycles. The molecule has 2 aromatic rings. The molecule has 1 fully saturated rings.